The highest BCUT2D eigenvalue weighted by molar-refractivity contribution is 5.78. The summed E-state index contributed by atoms with van der Waals surface area (Å²) < 4.78 is 0. The lowest BCUT2D eigenvalue weighted by molar-refractivity contribution is -0.119. The first-order valence-electron chi connectivity index (χ1n) is 5.44. The molecule has 0 N–H and O–H groups in total. The molecule has 0 spiro atoms. The maximum absolute atomic E-state index is 11.3. The average molecular weight is 197 g/mol. The smallest absolute Gasteiger partial charge is 0.134 e. The Morgan fingerprint density at radius 1 is 1.21 bits per heavy atom. The van der Waals surface area contributed by atoms with Gasteiger partial charge in [0.15, 0.2) is 0 Å². The van der Waals surface area contributed by atoms with Gasteiger partial charge in [-0.2, -0.15) is 0 Å². The second-order valence-corrected chi connectivity index (χ2v) is 3.98. The molecule has 0 aromatic carbocycles. The first kappa shape index (κ1) is 13.4. The van der Waals surface area contributed by atoms with Crippen LogP contribution in [0.15, 0.2) is 12.7 Å². The summed E-state index contributed by atoms with van der Waals surface area (Å²) >= 11 is 0. The van der Waals surface area contributed by atoms with Crippen LogP contribution in [-0.4, -0.2) is 31.3 Å². The molecule has 0 aromatic heterocycles. The molecular formula is C12H23NO. The molecular weight excluding hydrogens is 174 g/mol. The van der Waals surface area contributed by atoms with Crippen molar-refractivity contribution >= 4 is 5.78 Å². The van der Waals surface area contributed by atoms with Gasteiger partial charge in [0.2, 0.25) is 0 Å². The van der Waals surface area contributed by atoms with Crippen LogP contribution in [0.3, 0.4) is 0 Å². The molecule has 0 saturated carbocycles. The molecule has 0 aliphatic rings. The van der Waals surface area contributed by atoms with E-state index in [2.05, 4.69) is 11.5 Å². The van der Waals surface area contributed by atoms with E-state index >= 15 is 0 Å². The minimum Gasteiger partial charge on any atom is -0.309 e. The molecule has 0 aliphatic carbocycles. The maximum Gasteiger partial charge on any atom is 0.134 e. The molecule has 82 valence electrons. The lowest BCUT2D eigenvalue weighted by Crippen LogP contribution is -2.16. The zero-order chi connectivity index (χ0) is 10.8. The molecule has 0 saturated heterocycles. The first-order chi connectivity index (χ1) is 6.66. The zero-order valence-electron chi connectivity index (χ0n) is 9.59. The van der Waals surface area contributed by atoms with E-state index in [9.17, 15) is 4.79 Å². The van der Waals surface area contributed by atoms with Crippen molar-refractivity contribution in [3.8, 4) is 0 Å². The van der Waals surface area contributed by atoms with E-state index in [-0.39, 0.29) is 0 Å². The summed E-state index contributed by atoms with van der Waals surface area (Å²) in [5.74, 6) is 0.400. The molecule has 2 heteroatoms. The van der Waals surface area contributed by atoms with Gasteiger partial charge in [0, 0.05) is 19.4 Å². The number of unbranched alkanes of at least 4 members (excludes halogenated alkanes) is 3. The molecule has 0 aliphatic heterocycles. The van der Waals surface area contributed by atoms with Gasteiger partial charge in [-0.15, -0.1) is 6.58 Å². The second kappa shape index (κ2) is 8.95. The van der Waals surface area contributed by atoms with Crippen molar-refractivity contribution in [2.24, 2.45) is 0 Å². The van der Waals surface area contributed by atoms with Crippen LogP contribution in [0.25, 0.3) is 0 Å². The summed E-state index contributed by atoms with van der Waals surface area (Å²) in [5, 5.41) is 0. The van der Waals surface area contributed by atoms with E-state index in [0.717, 1.165) is 32.2 Å². The van der Waals surface area contributed by atoms with E-state index in [1.807, 2.05) is 20.2 Å². The summed E-state index contributed by atoms with van der Waals surface area (Å²) in [6.45, 7) is 4.55. The number of ketones is 1. The largest absolute Gasteiger partial charge is 0.309 e. The number of hydrogen-bond acceptors (Lipinski definition) is 2. The van der Waals surface area contributed by atoms with Crippen molar-refractivity contribution in [3.05, 3.63) is 12.7 Å². The molecule has 0 atom stereocenters. The summed E-state index contributed by atoms with van der Waals surface area (Å²) in [6.07, 6.45) is 7.84. The molecule has 2 nitrogen and oxygen atoms in total. The predicted octanol–water partition coefficient (Wildman–Crippen LogP) is 2.64. The lowest BCUT2D eigenvalue weighted by Gasteiger charge is -2.07. The molecule has 0 heterocycles. The van der Waals surface area contributed by atoms with Gasteiger partial charge in [0.1, 0.15) is 5.78 Å². The van der Waals surface area contributed by atoms with Gasteiger partial charge in [0.25, 0.3) is 0 Å². The number of hydrogen-bond donors (Lipinski definition) is 0. The standard InChI is InChI=1S/C12H23NO/c1-4-5-6-7-8-9-12(14)10-11-13(2)3/h4H,1,5-11H2,2-3H3. The fourth-order valence-corrected chi connectivity index (χ4v) is 1.26. The van der Waals surface area contributed by atoms with Crippen LogP contribution in [0.5, 0.6) is 0 Å². The molecule has 0 amide bonds. The van der Waals surface area contributed by atoms with E-state index in [4.69, 9.17) is 0 Å². The molecule has 0 bridgehead atoms. The van der Waals surface area contributed by atoms with Crippen molar-refractivity contribution in [1.82, 2.24) is 4.90 Å². The third-order valence-electron chi connectivity index (χ3n) is 2.20. The number of carbonyl (C=O) groups excluding carboxylic acids is 1. The Hall–Kier alpha value is -0.630. The van der Waals surface area contributed by atoms with Crippen LogP contribution in [0.4, 0.5) is 0 Å². The van der Waals surface area contributed by atoms with Gasteiger partial charge in [-0.3, -0.25) is 4.79 Å². The van der Waals surface area contributed by atoms with Crippen molar-refractivity contribution in [2.75, 3.05) is 20.6 Å². The van der Waals surface area contributed by atoms with Gasteiger partial charge in [0.05, 0.1) is 0 Å². The predicted molar refractivity (Wildman–Crippen MR) is 61.5 cm³/mol. The minimum atomic E-state index is 0.400. The van der Waals surface area contributed by atoms with Gasteiger partial charge in [-0.05, 0) is 33.4 Å². The van der Waals surface area contributed by atoms with Crippen molar-refractivity contribution in [3.63, 3.8) is 0 Å². The number of Topliss-reactive ketones (excluding diaryl/α,β-unsaturated/α-hetero) is 1. The van der Waals surface area contributed by atoms with Crippen LogP contribution in [0.1, 0.15) is 38.5 Å². The highest BCUT2D eigenvalue weighted by atomic mass is 16.1. The van der Waals surface area contributed by atoms with E-state index in [1.54, 1.807) is 0 Å². The third kappa shape index (κ3) is 9.46. The Bertz CT molecular complexity index is 164. The normalized spacial score (nSPS) is 10.5. The second-order valence-electron chi connectivity index (χ2n) is 3.98. The van der Waals surface area contributed by atoms with Crippen LogP contribution < -0.4 is 0 Å². The van der Waals surface area contributed by atoms with Crippen LogP contribution in [0.2, 0.25) is 0 Å². The Morgan fingerprint density at radius 2 is 1.93 bits per heavy atom. The topological polar surface area (TPSA) is 20.3 Å². The number of allylic oxidation sites excluding steroid dienone is 1. The third-order valence-corrected chi connectivity index (χ3v) is 2.20. The van der Waals surface area contributed by atoms with Crippen molar-refractivity contribution in [1.29, 1.82) is 0 Å². The van der Waals surface area contributed by atoms with E-state index < -0.39 is 0 Å². The Balaban J connectivity index is 3.22. The monoisotopic (exact) mass is 197 g/mol. The number of carbonyl (C=O) groups is 1. The van der Waals surface area contributed by atoms with Gasteiger partial charge in [-0.1, -0.05) is 12.5 Å². The number of nitrogens with zero attached hydrogens (tertiary/aromatic N) is 1. The lowest BCUT2D eigenvalue weighted by atomic mass is 10.1. The van der Waals surface area contributed by atoms with E-state index in [1.165, 1.54) is 6.42 Å². The fraction of sp³-hybridized carbons (Fsp3) is 0.750. The van der Waals surface area contributed by atoms with Crippen molar-refractivity contribution < 1.29 is 4.79 Å². The van der Waals surface area contributed by atoms with Crippen LogP contribution in [-0.2, 0) is 4.79 Å². The highest BCUT2D eigenvalue weighted by Gasteiger charge is 2.01. The summed E-state index contributed by atoms with van der Waals surface area (Å²) in [6, 6.07) is 0. The zero-order valence-corrected chi connectivity index (χ0v) is 9.59. The highest BCUT2D eigenvalue weighted by Crippen LogP contribution is 2.05. The van der Waals surface area contributed by atoms with Crippen LogP contribution in [0, 0.1) is 0 Å². The average Bonchev–Trinajstić information content (AvgIpc) is 2.14. The van der Waals surface area contributed by atoms with Crippen molar-refractivity contribution in [2.45, 2.75) is 38.5 Å². The minimum absolute atomic E-state index is 0.400. The summed E-state index contributed by atoms with van der Waals surface area (Å²) in [7, 11) is 3.99. The Morgan fingerprint density at radius 3 is 2.50 bits per heavy atom. The summed E-state index contributed by atoms with van der Waals surface area (Å²) in [4.78, 5) is 13.4. The molecule has 0 fully saturated rings. The van der Waals surface area contributed by atoms with Crippen LogP contribution >= 0.6 is 0 Å². The molecule has 0 aromatic rings. The van der Waals surface area contributed by atoms with Gasteiger partial charge >= 0.3 is 0 Å². The molecule has 14 heavy (non-hydrogen) atoms. The van der Waals surface area contributed by atoms with E-state index in [0.29, 0.717) is 12.2 Å². The quantitative estimate of drug-likeness (QED) is 0.418. The summed E-state index contributed by atoms with van der Waals surface area (Å²) in [5.41, 5.74) is 0. The molecule has 0 radical (unpaired) electrons. The van der Waals surface area contributed by atoms with Gasteiger partial charge < -0.3 is 4.90 Å². The number of rotatable bonds is 9. The SMILES string of the molecule is C=CCCCCCC(=O)CCN(C)C. The Labute approximate surface area is 88.0 Å². The first-order valence-corrected chi connectivity index (χ1v) is 5.44. The molecule has 0 rings (SSSR count). The maximum atomic E-state index is 11.3. The van der Waals surface area contributed by atoms with Gasteiger partial charge in [-0.25, -0.2) is 0 Å². The fourth-order valence-electron chi connectivity index (χ4n) is 1.26. The Kier molecular flexibility index (Phi) is 8.54. The molecule has 0 unspecified atom stereocenters.